The molecule has 2 aliphatic rings. The molecule has 0 amide bonds. The molecule has 1 N–H and O–H groups in total. The maximum absolute atomic E-state index is 11.8. The molecule has 1 saturated heterocycles. The van der Waals surface area contributed by atoms with Crippen molar-refractivity contribution in [2.75, 3.05) is 6.54 Å². The Hall–Kier alpha value is -1.36. The van der Waals surface area contributed by atoms with E-state index < -0.39 is 5.97 Å². The smallest absolute Gasteiger partial charge is 0.321 e. The topological polar surface area (TPSA) is 58.4 Å². The molecule has 1 aromatic heterocycles. The molecule has 5 nitrogen and oxygen atoms in total. The van der Waals surface area contributed by atoms with Crippen LogP contribution in [0.5, 0.6) is 0 Å². The Morgan fingerprint density at radius 1 is 1.38 bits per heavy atom. The molecular formula is C16H25N3O2. The first-order chi connectivity index (χ1) is 9.91. The highest BCUT2D eigenvalue weighted by molar-refractivity contribution is 5.74. The van der Waals surface area contributed by atoms with E-state index in [9.17, 15) is 9.90 Å². The first-order valence-electron chi connectivity index (χ1n) is 7.90. The third-order valence-electron chi connectivity index (χ3n) is 5.66. The highest BCUT2D eigenvalue weighted by Gasteiger charge is 2.49. The molecule has 116 valence electrons. The maximum atomic E-state index is 11.8. The summed E-state index contributed by atoms with van der Waals surface area (Å²) in [5.41, 5.74) is 3.36. The van der Waals surface area contributed by atoms with Gasteiger partial charge in [-0.25, -0.2) is 0 Å². The highest BCUT2D eigenvalue weighted by atomic mass is 16.4. The lowest BCUT2D eigenvalue weighted by molar-refractivity contribution is -0.144. The van der Waals surface area contributed by atoms with E-state index >= 15 is 0 Å². The molecule has 3 rings (SSSR count). The van der Waals surface area contributed by atoms with E-state index in [1.807, 2.05) is 18.7 Å². The second kappa shape index (κ2) is 5.13. The molecule has 2 fully saturated rings. The van der Waals surface area contributed by atoms with Crippen LogP contribution < -0.4 is 0 Å². The van der Waals surface area contributed by atoms with Crippen LogP contribution in [0.25, 0.3) is 0 Å². The summed E-state index contributed by atoms with van der Waals surface area (Å²) in [4.78, 5) is 14.0. The molecule has 0 radical (unpaired) electrons. The van der Waals surface area contributed by atoms with E-state index in [0.29, 0.717) is 11.8 Å². The van der Waals surface area contributed by atoms with Crippen LogP contribution in [0.4, 0.5) is 0 Å². The number of likely N-dealkylation sites (tertiary alicyclic amines) is 1. The lowest BCUT2D eigenvalue weighted by Gasteiger charge is -2.30. The molecule has 4 atom stereocenters. The Morgan fingerprint density at radius 3 is 2.67 bits per heavy atom. The van der Waals surface area contributed by atoms with Crippen molar-refractivity contribution >= 4 is 5.97 Å². The fourth-order valence-electron chi connectivity index (χ4n) is 4.62. The van der Waals surface area contributed by atoms with Crippen LogP contribution in [-0.4, -0.2) is 38.3 Å². The first-order valence-corrected chi connectivity index (χ1v) is 7.90. The first kappa shape index (κ1) is 14.6. The van der Waals surface area contributed by atoms with E-state index in [4.69, 9.17) is 0 Å². The molecule has 0 aromatic carbocycles. The third-order valence-corrected chi connectivity index (χ3v) is 5.66. The van der Waals surface area contributed by atoms with Crippen molar-refractivity contribution in [2.24, 2.45) is 18.9 Å². The highest BCUT2D eigenvalue weighted by Crippen LogP contribution is 2.45. The summed E-state index contributed by atoms with van der Waals surface area (Å²) in [6.07, 6.45) is 3.44. The second-order valence-electron chi connectivity index (χ2n) is 6.72. The molecule has 1 saturated carbocycles. The summed E-state index contributed by atoms with van der Waals surface area (Å²) in [6, 6.07) is -0.211. The number of aryl methyl sites for hydroxylation is 2. The van der Waals surface area contributed by atoms with Crippen molar-refractivity contribution in [3.8, 4) is 0 Å². The quantitative estimate of drug-likeness (QED) is 0.928. The van der Waals surface area contributed by atoms with Crippen LogP contribution in [0.3, 0.4) is 0 Å². The van der Waals surface area contributed by atoms with Crippen molar-refractivity contribution in [1.29, 1.82) is 0 Å². The summed E-state index contributed by atoms with van der Waals surface area (Å²) < 4.78 is 1.90. The average molecular weight is 291 g/mol. The zero-order valence-corrected chi connectivity index (χ0v) is 13.3. The summed E-state index contributed by atoms with van der Waals surface area (Å²) in [5.74, 6) is 0.239. The van der Waals surface area contributed by atoms with Gasteiger partial charge in [0.05, 0.1) is 5.69 Å². The predicted octanol–water partition coefficient (Wildman–Crippen LogP) is 2.28. The van der Waals surface area contributed by atoms with Crippen LogP contribution in [0.1, 0.15) is 49.2 Å². The van der Waals surface area contributed by atoms with E-state index in [0.717, 1.165) is 24.4 Å². The minimum absolute atomic E-state index is 0.116. The van der Waals surface area contributed by atoms with Crippen molar-refractivity contribution in [2.45, 2.75) is 52.1 Å². The molecule has 0 spiro atoms. The third kappa shape index (κ3) is 2.18. The SMILES string of the molecule is Cc1nn(C)c(C)c1C(C)N1CC2CCCC2C1C(=O)O. The van der Waals surface area contributed by atoms with Gasteiger partial charge in [0.2, 0.25) is 0 Å². The van der Waals surface area contributed by atoms with Gasteiger partial charge < -0.3 is 5.11 Å². The second-order valence-corrected chi connectivity index (χ2v) is 6.72. The van der Waals surface area contributed by atoms with Gasteiger partial charge in [-0.15, -0.1) is 0 Å². The van der Waals surface area contributed by atoms with E-state index in [1.165, 1.54) is 18.4 Å². The average Bonchev–Trinajstić information content (AvgIpc) is 3.02. The molecular weight excluding hydrogens is 266 g/mol. The fraction of sp³-hybridized carbons (Fsp3) is 0.750. The molecule has 1 aliphatic carbocycles. The van der Waals surface area contributed by atoms with Crippen LogP contribution >= 0.6 is 0 Å². The number of carboxylic acid groups (broad SMARTS) is 1. The number of carbonyl (C=O) groups is 1. The molecule has 2 heterocycles. The largest absolute Gasteiger partial charge is 0.480 e. The zero-order chi connectivity index (χ0) is 15.3. The molecule has 0 bridgehead atoms. The lowest BCUT2D eigenvalue weighted by atomic mass is 9.94. The molecule has 5 heteroatoms. The number of aromatic nitrogens is 2. The van der Waals surface area contributed by atoms with Gasteiger partial charge in [0, 0.05) is 30.9 Å². The Morgan fingerprint density at radius 2 is 2.10 bits per heavy atom. The standard InChI is InChI=1S/C16H25N3O2/c1-9-14(10(2)18(4)17-9)11(3)19-8-12-6-5-7-13(12)15(19)16(20)21/h11-13,15H,5-8H2,1-4H3,(H,20,21). The summed E-state index contributed by atoms with van der Waals surface area (Å²) in [5, 5.41) is 14.2. The predicted molar refractivity (Wildman–Crippen MR) is 80.1 cm³/mol. The van der Waals surface area contributed by atoms with Gasteiger partial charge in [0.1, 0.15) is 6.04 Å². The molecule has 4 unspecified atom stereocenters. The van der Waals surface area contributed by atoms with Gasteiger partial charge in [-0.05, 0) is 45.4 Å². The maximum Gasteiger partial charge on any atom is 0.321 e. The number of carboxylic acids is 1. The van der Waals surface area contributed by atoms with Gasteiger partial charge in [-0.1, -0.05) is 6.42 Å². The molecule has 1 aliphatic heterocycles. The van der Waals surface area contributed by atoms with Gasteiger partial charge >= 0.3 is 5.97 Å². The number of aliphatic carboxylic acids is 1. The normalized spacial score (nSPS) is 30.6. The van der Waals surface area contributed by atoms with Gasteiger partial charge in [-0.2, -0.15) is 5.10 Å². The van der Waals surface area contributed by atoms with Gasteiger partial charge in [-0.3, -0.25) is 14.4 Å². The van der Waals surface area contributed by atoms with Crippen molar-refractivity contribution in [1.82, 2.24) is 14.7 Å². The Kier molecular flexibility index (Phi) is 3.56. The van der Waals surface area contributed by atoms with Gasteiger partial charge in [0.15, 0.2) is 0 Å². The number of nitrogens with zero attached hydrogens (tertiary/aromatic N) is 3. The van der Waals surface area contributed by atoms with Crippen LogP contribution in [0.2, 0.25) is 0 Å². The van der Waals surface area contributed by atoms with Crippen molar-refractivity contribution < 1.29 is 9.90 Å². The fourth-order valence-corrected chi connectivity index (χ4v) is 4.62. The monoisotopic (exact) mass is 291 g/mol. The van der Waals surface area contributed by atoms with E-state index in [2.05, 4.69) is 23.8 Å². The number of hydrogen-bond donors (Lipinski definition) is 1. The lowest BCUT2D eigenvalue weighted by Crippen LogP contribution is -2.41. The van der Waals surface area contributed by atoms with E-state index in [1.54, 1.807) is 0 Å². The van der Waals surface area contributed by atoms with Crippen molar-refractivity contribution in [3.05, 3.63) is 17.0 Å². The molecule has 21 heavy (non-hydrogen) atoms. The Labute approximate surface area is 125 Å². The summed E-state index contributed by atoms with van der Waals surface area (Å²) in [7, 11) is 1.95. The molecule has 1 aromatic rings. The minimum atomic E-state index is -0.657. The van der Waals surface area contributed by atoms with Crippen molar-refractivity contribution in [3.63, 3.8) is 0 Å². The van der Waals surface area contributed by atoms with Crippen LogP contribution in [0.15, 0.2) is 0 Å². The minimum Gasteiger partial charge on any atom is -0.480 e. The summed E-state index contributed by atoms with van der Waals surface area (Å²) >= 11 is 0. The Bertz CT molecular complexity index is 566. The number of hydrogen-bond acceptors (Lipinski definition) is 3. The number of rotatable bonds is 3. The zero-order valence-electron chi connectivity index (χ0n) is 13.3. The number of fused-ring (bicyclic) bond motifs is 1. The summed E-state index contributed by atoms with van der Waals surface area (Å²) in [6.45, 7) is 7.13. The van der Waals surface area contributed by atoms with E-state index in [-0.39, 0.29) is 12.1 Å². The van der Waals surface area contributed by atoms with Crippen LogP contribution in [-0.2, 0) is 11.8 Å². The van der Waals surface area contributed by atoms with Crippen LogP contribution in [0, 0.1) is 25.7 Å². The Balaban J connectivity index is 1.93. The van der Waals surface area contributed by atoms with Gasteiger partial charge in [0.25, 0.3) is 0 Å².